The molecule has 2 aromatic carbocycles. The van der Waals surface area contributed by atoms with Gasteiger partial charge in [0.2, 0.25) is 0 Å². The van der Waals surface area contributed by atoms with Crippen molar-refractivity contribution in [2.45, 2.75) is 12.8 Å². The van der Waals surface area contributed by atoms with Crippen LogP contribution < -0.4 is 11.1 Å². The molecule has 0 saturated heterocycles. The molecule has 31 heavy (non-hydrogen) atoms. The summed E-state index contributed by atoms with van der Waals surface area (Å²) in [5, 5.41) is 29.8. The second kappa shape index (κ2) is 8.51. The predicted octanol–water partition coefficient (Wildman–Crippen LogP) is 3.83. The predicted molar refractivity (Wildman–Crippen MR) is 118 cm³/mol. The molecule has 0 bridgehead atoms. The fraction of sp³-hybridized carbons (Fsp3) is 0.136. The molecule has 4 aromatic rings. The van der Waals surface area contributed by atoms with E-state index in [0.29, 0.717) is 41.8 Å². The third kappa shape index (κ3) is 3.86. The number of nitrogens with two attached hydrogens (primary N) is 1. The molecule has 0 unspecified atom stereocenters. The summed E-state index contributed by atoms with van der Waals surface area (Å²) in [5.74, 6) is 0.325. The van der Waals surface area contributed by atoms with E-state index in [1.54, 1.807) is 23.0 Å². The van der Waals surface area contributed by atoms with Crippen molar-refractivity contribution in [1.82, 2.24) is 14.8 Å². The van der Waals surface area contributed by atoms with E-state index in [1.165, 1.54) is 12.3 Å². The summed E-state index contributed by atoms with van der Waals surface area (Å²) in [6.07, 6.45) is 4.36. The Labute approximate surface area is 177 Å². The first-order valence-corrected chi connectivity index (χ1v) is 9.68. The van der Waals surface area contributed by atoms with Gasteiger partial charge in [-0.05, 0) is 37.1 Å². The summed E-state index contributed by atoms with van der Waals surface area (Å²) in [6.45, 7) is 0.595. The largest absolute Gasteiger partial charge is 0.385 e. The van der Waals surface area contributed by atoms with Crippen molar-refractivity contribution >= 4 is 28.0 Å². The molecule has 0 saturated carbocycles. The highest BCUT2D eigenvalue weighted by Crippen LogP contribution is 2.30. The van der Waals surface area contributed by atoms with Crippen molar-refractivity contribution in [2.75, 3.05) is 17.6 Å². The Bertz CT molecular complexity index is 1290. The van der Waals surface area contributed by atoms with Crippen molar-refractivity contribution in [3.05, 3.63) is 82.3 Å². The Morgan fingerprint density at radius 2 is 1.97 bits per heavy atom. The van der Waals surface area contributed by atoms with Crippen LogP contribution in [0.5, 0.6) is 0 Å². The van der Waals surface area contributed by atoms with Crippen molar-refractivity contribution in [3.63, 3.8) is 0 Å². The quantitative estimate of drug-likeness (QED) is 0.267. The van der Waals surface area contributed by atoms with Gasteiger partial charge < -0.3 is 11.1 Å². The minimum absolute atomic E-state index is 0.0224. The van der Waals surface area contributed by atoms with Crippen LogP contribution in [0.1, 0.15) is 17.7 Å². The molecule has 0 aliphatic carbocycles. The number of aryl methyl sites for hydroxylation is 1. The second-order valence-corrected chi connectivity index (χ2v) is 6.91. The second-order valence-electron chi connectivity index (χ2n) is 6.91. The molecule has 0 spiro atoms. The maximum atomic E-state index is 11.2. The maximum Gasteiger partial charge on any atom is 0.278 e. The molecule has 0 atom stereocenters. The van der Waals surface area contributed by atoms with Gasteiger partial charge in [0.15, 0.2) is 0 Å². The van der Waals surface area contributed by atoms with Crippen LogP contribution in [0, 0.1) is 21.4 Å². The normalized spacial score (nSPS) is 10.7. The third-order valence-electron chi connectivity index (χ3n) is 5.00. The van der Waals surface area contributed by atoms with Crippen molar-refractivity contribution < 1.29 is 4.92 Å². The fourth-order valence-corrected chi connectivity index (χ4v) is 3.51. The first-order chi connectivity index (χ1) is 15.1. The minimum Gasteiger partial charge on any atom is -0.385 e. The number of nitro benzene ring substituents is 1. The number of nitro groups is 1. The van der Waals surface area contributed by atoms with E-state index in [0.717, 1.165) is 16.8 Å². The average molecular weight is 413 g/mol. The highest BCUT2D eigenvalue weighted by molar-refractivity contribution is 5.99. The van der Waals surface area contributed by atoms with E-state index in [2.05, 4.69) is 21.5 Å². The van der Waals surface area contributed by atoms with E-state index < -0.39 is 4.92 Å². The number of rotatable bonds is 7. The van der Waals surface area contributed by atoms with E-state index in [-0.39, 0.29) is 5.69 Å². The number of fused-ring (bicyclic) bond motifs is 1. The molecule has 0 radical (unpaired) electrons. The Morgan fingerprint density at radius 3 is 2.71 bits per heavy atom. The number of benzene rings is 2. The monoisotopic (exact) mass is 413 g/mol. The summed E-state index contributed by atoms with van der Waals surface area (Å²) >= 11 is 0. The summed E-state index contributed by atoms with van der Waals surface area (Å²) in [4.78, 5) is 14.8. The zero-order valence-corrected chi connectivity index (χ0v) is 16.5. The first-order valence-electron chi connectivity index (χ1n) is 9.68. The number of nitrogens with zero attached hydrogens (tertiary/aromatic N) is 5. The van der Waals surface area contributed by atoms with E-state index in [9.17, 15) is 15.4 Å². The van der Waals surface area contributed by atoms with Crippen LogP contribution in [-0.2, 0) is 6.42 Å². The number of hydrogen-bond acceptors (Lipinski definition) is 7. The molecule has 0 amide bonds. The maximum absolute atomic E-state index is 11.2. The van der Waals surface area contributed by atoms with Crippen LogP contribution in [0.4, 0.5) is 17.2 Å². The van der Waals surface area contributed by atoms with Crippen LogP contribution in [0.25, 0.3) is 16.5 Å². The smallest absolute Gasteiger partial charge is 0.278 e. The molecule has 0 aliphatic rings. The third-order valence-corrected chi connectivity index (χ3v) is 5.00. The topological polar surface area (TPSA) is 136 Å². The summed E-state index contributed by atoms with van der Waals surface area (Å²) in [6, 6.07) is 16.5. The van der Waals surface area contributed by atoms with Crippen LogP contribution >= 0.6 is 0 Å². The van der Waals surface area contributed by atoms with Gasteiger partial charge in [-0.15, -0.1) is 0 Å². The van der Waals surface area contributed by atoms with Crippen LogP contribution in [-0.4, -0.2) is 26.2 Å². The molecule has 2 aromatic heterocycles. The number of nitrogens with one attached hydrogen (secondary N) is 1. The number of nitrogen functional groups attached to an aromatic ring is 1. The van der Waals surface area contributed by atoms with Gasteiger partial charge in [-0.2, -0.15) is 10.4 Å². The van der Waals surface area contributed by atoms with E-state index in [4.69, 9.17) is 5.73 Å². The molecule has 154 valence electrons. The van der Waals surface area contributed by atoms with Gasteiger partial charge in [0.25, 0.3) is 5.69 Å². The van der Waals surface area contributed by atoms with Gasteiger partial charge in [-0.1, -0.05) is 18.2 Å². The number of non-ortho nitro benzene ring substituents is 1. The van der Waals surface area contributed by atoms with Gasteiger partial charge in [-0.3, -0.25) is 15.1 Å². The molecular formula is C22H19N7O2. The standard InChI is InChI=1S/C22H19N7O2/c23-13-17-20(27-28(22(17)24)15-5-2-1-3-6-15)7-4-11-26-19-8-9-21(29(30)31)18-14-25-12-10-16(18)19/h1-3,5-6,8-10,12,14,26H,4,7,11,24H2. The molecule has 9 heteroatoms. The summed E-state index contributed by atoms with van der Waals surface area (Å²) in [7, 11) is 0. The number of anilines is 2. The van der Waals surface area contributed by atoms with Gasteiger partial charge in [0, 0.05) is 36.1 Å². The molecule has 9 nitrogen and oxygen atoms in total. The number of para-hydroxylation sites is 1. The van der Waals surface area contributed by atoms with E-state index >= 15 is 0 Å². The first kappa shape index (κ1) is 19.8. The van der Waals surface area contributed by atoms with Gasteiger partial charge in [0.05, 0.1) is 21.7 Å². The van der Waals surface area contributed by atoms with Crippen LogP contribution in [0.3, 0.4) is 0 Å². The van der Waals surface area contributed by atoms with Crippen LogP contribution in [0.15, 0.2) is 60.9 Å². The van der Waals surface area contributed by atoms with Crippen molar-refractivity contribution in [3.8, 4) is 11.8 Å². The zero-order chi connectivity index (χ0) is 21.8. The number of aromatic nitrogens is 3. The number of pyridine rings is 1. The SMILES string of the molecule is N#Cc1c(CCCNc2ccc([N+](=O)[O-])c3cnccc23)nn(-c2ccccc2)c1N. The van der Waals surface area contributed by atoms with Crippen LogP contribution in [0.2, 0.25) is 0 Å². The Kier molecular flexibility index (Phi) is 5.45. The average Bonchev–Trinajstić information content (AvgIpc) is 3.12. The lowest BCUT2D eigenvalue weighted by atomic mass is 10.1. The Balaban J connectivity index is 1.48. The molecular weight excluding hydrogens is 394 g/mol. The van der Waals surface area contributed by atoms with Gasteiger partial charge >= 0.3 is 0 Å². The lowest BCUT2D eigenvalue weighted by molar-refractivity contribution is -0.383. The van der Waals surface area contributed by atoms with Gasteiger partial charge in [-0.25, -0.2) is 4.68 Å². The van der Waals surface area contributed by atoms with Crippen molar-refractivity contribution in [2.24, 2.45) is 0 Å². The van der Waals surface area contributed by atoms with Crippen molar-refractivity contribution in [1.29, 1.82) is 5.26 Å². The lowest BCUT2D eigenvalue weighted by Gasteiger charge is -2.09. The zero-order valence-electron chi connectivity index (χ0n) is 16.5. The summed E-state index contributed by atoms with van der Waals surface area (Å²) < 4.78 is 1.58. The fourth-order valence-electron chi connectivity index (χ4n) is 3.51. The highest BCUT2D eigenvalue weighted by atomic mass is 16.6. The lowest BCUT2D eigenvalue weighted by Crippen LogP contribution is -2.05. The molecule has 4 rings (SSSR count). The number of nitriles is 1. The van der Waals surface area contributed by atoms with E-state index in [1.807, 2.05) is 30.3 Å². The van der Waals surface area contributed by atoms with Gasteiger partial charge in [0.1, 0.15) is 17.5 Å². The highest BCUT2D eigenvalue weighted by Gasteiger charge is 2.17. The Hall–Kier alpha value is -4.45. The molecule has 0 fully saturated rings. The number of hydrogen-bond donors (Lipinski definition) is 2. The Morgan fingerprint density at radius 1 is 1.16 bits per heavy atom. The molecule has 3 N–H and O–H groups in total. The molecule has 0 aliphatic heterocycles. The molecule has 2 heterocycles. The minimum atomic E-state index is -0.412. The summed E-state index contributed by atoms with van der Waals surface area (Å²) in [5.41, 5.74) is 8.78.